The molecule has 94 valence electrons. The van der Waals surface area contributed by atoms with Crippen LogP contribution < -0.4 is 0 Å². The Morgan fingerprint density at radius 2 is 2.17 bits per heavy atom. The van der Waals surface area contributed by atoms with Crippen molar-refractivity contribution in [2.24, 2.45) is 7.05 Å². The largest absolute Gasteiger partial charge is 0.481 e. The maximum absolute atomic E-state index is 11.2. The topological polar surface area (TPSA) is 42.2 Å². The number of hydrogen-bond donors (Lipinski definition) is 1. The number of aryl methyl sites for hydroxylation is 1. The Kier molecular flexibility index (Phi) is 2.44. The smallest absolute Gasteiger partial charge is 0.310 e. The van der Waals surface area contributed by atoms with Crippen molar-refractivity contribution in [3.63, 3.8) is 0 Å². The van der Waals surface area contributed by atoms with Crippen LogP contribution >= 0.6 is 0 Å². The van der Waals surface area contributed by atoms with Crippen molar-refractivity contribution >= 4 is 16.9 Å². The van der Waals surface area contributed by atoms with Crippen LogP contribution in [0.15, 0.2) is 24.4 Å². The van der Waals surface area contributed by atoms with Gasteiger partial charge in [-0.15, -0.1) is 0 Å². The molecule has 1 aliphatic rings. The van der Waals surface area contributed by atoms with Gasteiger partial charge in [-0.1, -0.05) is 12.1 Å². The summed E-state index contributed by atoms with van der Waals surface area (Å²) < 4.78 is 2.04. The van der Waals surface area contributed by atoms with Crippen molar-refractivity contribution in [1.29, 1.82) is 0 Å². The number of carboxylic acids is 1. The Hall–Kier alpha value is -1.77. The van der Waals surface area contributed by atoms with Crippen LogP contribution in [-0.2, 0) is 11.8 Å². The summed E-state index contributed by atoms with van der Waals surface area (Å²) in [5.41, 5.74) is 3.42. The summed E-state index contributed by atoms with van der Waals surface area (Å²) in [5, 5.41) is 10.4. The average molecular weight is 243 g/mol. The quantitative estimate of drug-likeness (QED) is 0.899. The van der Waals surface area contributed by atoms with Crippen LogP contribution in [0.3, 0.4) is 0 Å². The van der Waals surface area contributed by atoms with Gasteiger partial charge in [0.25, 0.3) is 0 Å². The predicted molar refractivity (Wildman–Crippen MR) is 70.9 cm³/mol. The molecule has 0 spiro atoms. The first-order valence-corrected chi connectivity index (χ1v) is 6.40. The summed E-state index contributed by atoms with van der Waals surface area (Å²) in [4.78, 5) is 11.2. The number of carboxylic acid groups (broad SMARTS) is 1. The summed E-state index contributed by atoms with van der Waals surface area (Å²) in [7, 11) is 1.98. The molecule has 1 fully saturated rings. The first kappa shape index (κ1) is 11.3. The summed E-state index contributed by atoms with van der Waals surface area (Å²) in [6.45, 7) is 1.76. The Morgan fingerprint density at radius 3 is 2.78 bits per heavy atom. The maximum Gasteiger partial charge on any atom is 0.310 e. The Morgan fingerprint density at radius 1 is 1.44 bits per heavy atom. The third-order valence-corrected chi connectivity index (χ3v) is 3.93. The number of benzene rings is 1. The third-order valence-electron chi connectivity index (χ3n) is 3.93. The van der Waals surface area contributed by atoms with E-state index in [4.69, 9.17) is 0 Å². The molecule has 1 N–H and O–H groups in total. The van der Waals surface area contributed by atoms with E-state index in [9.17, 15) is 9.90 Å². The van der Waals surface area contributed by atoms with Crippen molar-refractivity contribution in [3.05, 3.63) is 35.5 Å². The lowest BCUT2D eigenvalue weighted by molar-refractivity contribution is -0.138. The molecule has 1 aliphatic carbocycles. The number of rotatable bonds is 3. The number of fused-ring (bicyclic) bond motifs is 1. The van der Waals surface area contributed by atoms with E-state index >= 15 is 0 Å². The second-order valence-corrected chi connectivity index (χ2v) is 5.27. The zero-order valence-electron chi connectivity index (χ0n) is 10.7. The van der Waals surface area contributed by atoms with Crippen LogP contribution in [0, 0.1) is 0 Å². The molecule has 0 bridgehead atoms. The van der Waals surface area contributed by atoms with Crippen LogP contribution in [0.1, 0.15) is 42.7 Å². The van der Waals surface area contributed by atoms with Gasteiger partial charge in [-0.25, -0.2) is 0 Å². The normalized spacial score (nSPS) is 17.0. The zero-order valence-corrected chi connectivity index (χ0v) is 10.7. The first-order valence-electron chi connectivity index (χ1n) is 6.40. The molecule has 3 rings (SSSR count). The summed E-state index contributed by atoms with van der Waals surface area (Å²) in [5.74, 6) is -0.572. The van der Waals surface area contributed by atoms with E-state index < -0.39 is 11.9 Å². The summed E-state index contributed by atoms with van der Waals surface area (Å²) >= 11 is 0. The Labute approximate surface area is 106 Å². The number of nitrogens with zero attached hydrogens (tertiary/aromatic N) is 1. The molecule has 0 aliphatic heterocycles. The fourth-order valence-electron chi connectivity index (χ4n) is 2.70. The molecule has 1 heterocycles. The molecule has 1 unspecified atom stereocenters. The van der Waals surface area contributed by atoms with Crippen LogP contribution in [0.4, 0.5) is 0 Å². The summed E-state index contributed by atoms with van der Waals surface area (Å²) in [6, 6.07) is 6.29. The Balaban J connectivity index is 2.28. The first-order chi connectivity index (χ1) is 8.59. The molecule has 18 heavy (non-hydrogen) atoms. The minimum atomic E-state index is -0.756. The number of hydrogen-bond acceptors (Lipinski definition) is 1. The van der Waals surface area contributed by atoms with E-state index in [0.717, 1.165) is 16.5 Å². The summed E-state index contributed by atoms with van der Waals surface area (Å²) in [6.07, 6.45) is 4.43. The highest BCUT2D eigenvalue weighted by molar-refractivity contribution is 5.92. The minimum absolute atomic E-state index is 0.450. The number of carbonyl (C=O) groups is 1. The van der Waals surface area contributed by atoms with E-state index in [1.165, 1.54) is 18.4 Å². The van der Waals surface area contributed by atoms with E-state index in [-0.39, 0.29) is 0 Å². The molecule has 2 aromatic rings. The van der Waals surface area contributed by atoms with Crippen molar-refractivity contribution in [1.82, 2.24) is 4.57 Å². The highest BCUT2D eigenvalue weighted by atomic mass is 16.4. The number of aliphatic carboxylic acids is 1. The molecule has 0 amide bonds. The molecular weight excluding hydrogens is 226 g/mol. The molecular formula is C15H17NO2. The van der Waals surface area contributed by atoms with Crippen molar-refractivity contribution in [2.75, 3.05) is 0 Å². The fourth-order valence-corrected chi connectivity index (χ4v) is 2.70. The monoisotopic (exact) mass is 243 g/mol. The molecule has 1 aromatic heterocycles. The molecule has 3 nitrogen and oxygen atoms in total. The van der Waals surface area contributed by atoms with Crippen molar-refractivity contribution < 1.29 is 9.90 Å². The lowest BCUT2D eigenvalue weighted by atomic mass is 9.95. The van der Waals surface area contributed by atoms with Gasteiger partial charge < -0.3 is 9.67 Å². The minimum Gasteiger partial charge on any atom is -0.481 e. The van der Waals surface area contributed by atoms with E-state index in [2.05, 4.69) is 18.2 Å². The molecule has 1 atom stereocenters. The van der Waals surface area contributed by atoms with Crippen LogP contribution in [0.5, 0.6) is 0 Å². The van der Waals surface area contributed by atoms with Gasteiger partial charge in [-0.2, -0.15) is 0 Å². The molecule has 0 saturated heterocycles. The van der Waals surface area contributed by atoms with E-state index in [0.29, 0.717) is 5.92 Å². The predicted octanol–water partition coefficient (Wildman–Crippen LogP) is 3.24. The van der Waals surface area contributed by atoms with Crippen molar-refractivity contribution in [3.8, 4) is 0 Å². The van der Waals surface area contributed by atoms with Gasteiger partial charge >= 0.3 is 5.97 Å². The molecule has 1 aromatic carbocycles. The Bertz CT molecular complexity index is 623. The van der Waals surface area contributed by atoms with Crippen LogP contribution in [0.2, 0.25) is 0 Å². The van der Waals surface area contributed by atoms with Crippen LogP contribution in [-0.4, -0.2) is 15.6 Å². The van der Waals surface area contributed by atoms with Crippen molar-refractivity contribution in [2.45, 2.75) is 31.6 Å². The van der Waals surface area contributed by atoms with E-state index in [1.807, 2.05) is 17.8 Å². The average Bonchev–Trinajstić information content (AvgIpc) is 3.13. The van der Waals surface area contributed by atoms with Gasteiger partial charge in [0.05, 0.1) is 5.92 Å². The lowest BCUT2D eigenvalue weighted by Crippen LogP contribution is -2.07. The van der Waals surface area contributed by atoms with Gasteiger partial charge in [0.15, 0.2) is 0 Å². The second-order valence-electron chi connectivity index (χ2n) is 5.27. The van der Waals surface area contributed by atoms with Gasteiger partial charge in [-0.05, 0) is 42.9 Å². The van der Waals surface area contributed by atoms with Gasteiger partial charge in [0.1, 0.15) is 0 Å². The SMILES string of the molecule is CC(C(=O)O)c1cn(C)c2cccc(C3CC3)c12. The highest BCUT2D eigenvalue weighted by Gasteiger charge is 2.28. The molecule has 0 radical (unpaired) electrons. The zero-order chi connectivity index (χ0) is 12.9. The van der Waals surface area contributed by atoms with Gasteiger partial charge in [0.2, 0.25) is 0 Å². The second kappa shape index (κ2) is 3.87. The molecule has 3 heteroatoms. The van der Waals surface area contributed by atoms with E-state index in [1.54, 1.807) is 6.92 Å². The standard InChI is InChI=1S/C15H17NO2/c1-9(15(17)18)12-8-16(2)13-5-3-4-11(14(12)13)10-6-7-10/h3-5,8-10H,6-7H2,1-2H3,(H,17,18). The van der Waals surface area contributed by atoms with Crippen LogP contribution in [0.25, 0.3) is 10.9 Å². The van der Waals surface area contributed by atoms with Gasteiger partial charge in [-0.3, -0.25) is 4.79 Å². The third kappa shape index (κ3) is 1.62. The van der Waals surface area contributed by atoms with Gasteiger partial charge in [0, 0.05) is 24.1 Å². The fraction of sp³-hybridized carbons (Fsp3) is 0.400. The molecule has 1 saturated carbocycles. The maximum atomic E-state index is 11.2. The lowest BCUT2D eigenvalue weighted by Gasteiger charge is -2.08. The highest BCUT2D eigenvalue weighted by Crippen LogP contribution is 2.45. The number of aromatic nitrogens is 1.